The fourth-order valence-electron chi connectivity index (χ4n) is 2.05. The number of primary amides is 1. The van der Waals surface area contributed by atoms with E-state index in [1.807, 2.05) is 0 Å². The normalized spacial score (nSPS) is 18.7. The van der Waals surface area contributed by atoms with Gasteiger partial charge in [-0.1, -0.05) is 0 Å². The predicted octanol–water partition coefficient (Wildman–Crippen LogP) is 0.729. The predicted molar refractivity (Wildman–Crippen MR) is 74.7 cm³/mol. The minimum atomic E-state index is -0.750. The largest absolute Gasteiger partial charge is 0.462 e. The zero-order valence-electron chi connectivity index (χ0n) is 11.0. The Labute approximate surface area is 124 Å². The van der Waals surface area contributed by atoms with Crippen LogP contribution in [0.25, 0.3) is 10.8 Å². The Morgan fingerprint density at radius 2 is 2.33 bits per heavy atom. The van der Waals surface area contributed by atoms with Crippen LogP contribution in [0, 0.1) is 0 Å². The molecule has 1 saturated heterocycles. The summed E-state index contributed by atoms with van der Waals surface area (Å²) >= 11 is 1.25. The first kappa shape index (κ1) is 13.8. The number of amides is 2. The van der Waals surface area contributed by atoms with E-state index < -0.39 is 12.0 Å². The van der Waals surface area contributed by atoms with Crippen molar-refractivity contribution in [3.05, 3.63) is 29.5 Å². The molecule has 21 heavy (non-hydrogen) atoms. The van der Waals surface area contributed by atoms with Crippen LogP contribution in [0.5, 0.6) is 0 Å². The van der Waals surface area contributed by atoms with E-state index in [0.717, 1.165) is 0 Å². The molecule has 1 aliphatic heterocycles. The number of nitrogens with zero attached hydrogens (tertiary/aromatic N) is 2. The van der Waals surface area contributed by atoms with Gasteiger partial charge >= 0.3 is 0 Å². The van der Waals surface area contributed by atoms with Gasteiger partial charge in [-0.2, -0.15) is 0 Å². The maximum Gasteiger partial charge on any atom is 0.265 e. The molecule has 2 aromatic rings. The molecule has 2 aromatic heterocycles. The topological polar surface area (TPSA) is 98.7 Å². The fraction of sp³-hybridized carbons (Fsp3) is 0.308. The van der Waals surface area contributed by atoms with Gasteiger partial charge in [-0.15, -0.1) is 11.3 Å². The standard InChI is InChI=1S/C13H13N3O4S/c14-11(17)9-7-16(3-5-20-9)13(18)10-6-15-12(21-10)8-2-1-4-19-8/h1-2,4,6,9H,3,5,7H2,(H2,14,17). The summed E-state index contributed by atoms with van der Waals surface area (Å²) in [5.74, 6) is -0.121. The lowest BCUT2D eigenvalue weighted by Gasteiger charge is -2.30. The van der Waals surface area contributed by atoms with Crippen LogP contribution >= 0.6 is 11.3 Å². The van der Waals surface area contributed by atoms with E-state index >= 15 is 0 Å². The van der Waals surface area contributed by atoms with E-state index in [1.54, 1.807) is 23.3 Å². The first-order chi connectivity index (χ1) is 10.1. The molecule has 3 heterocycles. The number of ether oxygens (including phenoxy) is 1. The number of nitrogens with two attached hydrogens (primary N) is 1. The molecule has 8 heteroatoms. The van der Waals surface area contributed by atoms with E-state index in [9.17, 15) is 9.59 Å². The number of furan rings is 1. The first-order valence-electron chi connectivity index (χ1n) is 6.35. The van der Waals surface area contributed by atoms with Gasteiger partial charge in [-0.05, 0) is 12.1 Å². The number of thiazole rings is 1. The van der Waals surface area contributed by atoms with Crippen molar-refractivity contribution in [2.45, 2.75) is 6.10 Å². The zero-order chi connectivity index (χ0) is 14.8. The van der Waals surface area contributed by atoms with Crippen molar-refractivity contribution in [1.29, 1.82) is 0 Å². The number of rotatable bonds is 3. The molecule has 110 valence electrons. The van der Waals surface area contributed by atoms with Gasteiger partial charge in [0.15, 0.2) is 16.9 Å². The Hall–Kier alpha value is -2.19. The zero-order valence-corrected chi connectivity index (χ0v) is 11.8. The van der Waals surface area contributed by atoms with Gasteiger partial charge in [0.2, 0.25) is 5.91 Å². The highest BCUT2D eigenvalue weighted by Crippen LogP contribution is 2.26. The number of carbonyl (C=O) groups is 2. The van der Waals surface area contributed by atoms with Crippen molar-refractivity contribution in [3.8, 4) is 10.8 Å². The van der Waals surface area contributed by atoms with Crippen LogP contribution in [0.4, 0.5) is 0 Å². The molecule has 0 radical (unpaired) electrons. The summed E-state index contributed by atoms with van der Waals surface area (Å²) in [6.07, 6.45) is 2.32. The Balaban J connectivity index is 1.74. The molecule has 0 aromatic carbocycles. The van der Waals surface area contributed by atoms with Crippen LogP contribution in [0.2, 0.25) is 0 Å². The molecular formula is C13H13N3O4S. The molecule has 1 fully saturated rings. The Morgan fingerprint density at radius 1 is 1.48 bits per heavy atom. The molecule has 0 aliphatic carbocycles. The monoisotopic (exact) mass is 307 g/mol. The van der Waals surface area contributed by atoms with Gasteiger partial charge < -0.3 is 19.8 Å². The molecular weight excluding hydrogens is 294 g/mol. The SMILES string of the molecule is NC(=O)C1CN(C(=O)c2cnc(-c3ccco3)s2)CCO1. The molecule has 2 N–H and O–H groups in total. The summed E-state index contributed by atoms with van der Waals surface area (Å²) in [6.45, 7) is 0.891. The molecule has 0 bridgehead atoms. The molecule has 1 atom stereocenters. The maximum atomic E-state index is 12.4. The molecule has 3 rings (SSSR count). The third-order valence-corrected chi connectivity index (χ3v) is 4.12. The maximum absolute atomic E-state index is 12.4. The smallest absolute Gasteiger partial charge is 0.265 e. The van der Waals surface area contributed by atoms with Crippen LogP contribution in [-0.2, 0) is 9.53 Å². The lowest BCUT2D eigenvalue weighted by molar-refractivity contribution is -0.133. The average Bonchev–Trinajstić information content (AvgIpc) is 3.17. The van der Waals surface area contributed by atoms with Gasteiger partial charge in [-0.25, -0.2) is 4.98 Å². The van der Waals surface area contributed by atoms with Crippen molar-refractivity contribution < 1.29 is 18.7 Å². The minimum Gasteiger partial charge on any atom is -0.462 e. The Morgan fingerprint density at radius 3 is 3.05 bits per heavy atom. The van der Waals surface area contributed by atoms with E-state index in [0.29, 0.717) is 28.8 Å². The highest BCUT2D eigenvalue weighted by atomic mass is 32.1. The summed E-state index contributed by atoms with van der Waals surface area (Å²) in [7, 11) is 0. The summed E-state index contributed by atoms with van der Waals surface area (Å²) in [4.78, 5) is 29.8. The quantitative estimate of drug-likeness (QED) is 0.901. The van der Waals surface area contributed by atoms with Crippen LogP contribution < -0.4 is 5.73 Å². The lowest BCUT2D eigenvalue weighted by atomic mass is 10.2. The molecule has 2 amide bonds. The second kappa shape index (κ2) is 5.66. The van der Waals surface area contributed by atoms with Crippen LogP contribution in [-0.4, -0.2) is 47.5 Å². The van der Waals surface area contributed by atoms with Crippen molar-refractivity contribution >= 4 is 23.2 Å². The third-order valence-electron chi connectivity index (χ3n) is 3.12. The molecule has 1 unspecified atom stereocenters. The van der Waals surface area contributed by atoms with Crippen molar-refractivity contribution in [2.24, 2.45) is 5.73 Å². The van der Waals surface area contributed by atoms with Crippen LogP contribution in [0.15, 0.2) is 29.0 Å². The Kier molecular flexibility index (Phi) is 3.72. The van der Waals surface area contributed by atoms with E-state index in [4.69, 9.17) is 14.9 Å². The third kappa shape index (κ3) is 2.81. The number of aromatic nitrogens is 1. The lowest BCUT2D eigenvalue weighted by Crippen LogP contribution is -2.50. The highest BCUT2D eigenvalue weighted by molar-refractivity contribution is 7.16. The minimum absolute atomic E-state index is 0.169. The highest BCUT2D eigenvalue weighted by Gasteiger charge is 2.29. The van der Waals surface area contributed by atoms with Crippen molar-refractivity contribution in [2.75, 3.05) is 19.7 Å². The average molecular weight is 307 g/mol. The van der Waals surface area contributed by atoms with Crippen molar-refractivity contribution in [1.82, 2.24) is 9.88 Å². The number of hydrogen-bond acceptors (Lipinski definition) is 6. The van der Waals surface area contributed by atoms with Crippen LogP contribution in [0.1, 0.15) is 9.67 Å². The van der Waals surface area contributed by atoms with Crippen molar-refractivity contribution in [3.63, 3.8) is 0 Å². The number of morpholine rings is 1. The first-order valence-corrected chi connectivity index (χ1v) is 7.16. The second-order valence-corrected chi connectivity index (χ2v) is 5.55. The molecule has 1 aliphatic rings. The Bertz CT molecular complexity index is 652. The van der Waals surface area contributed by atoms with E-state index in [-0.39, 0.29) is 12.5 Å². The van der Waals surface area contributed by atoms with Gasteiger partial charge in [0.05, 0.1) is 25.6 Å². The number of hydrogen-bond donors (Lipinski definition) is 1. The summed E-state index contributed by atoms with van der Waals surface area (Å²) in [5.41, 5.74) is 5.21. The summed E-state index contributed by atoms with van der Waals surface area (Å²) in [5, 5.41) is 0.642. The molecule has 0 spiro atoms. The molecule has 7 nitrogen and oxygen atoms in total. The second-order valence-electron chi connectivity index (χ2n) is 4.52. The summed E-state index contributed by atoms with van der Waals surface area (Å²) < 4.78 is 10.5. The van der Waals surface area contributed by atoms with Gasteiger partial charge in [0, 0.05) is 6.54 Å². The van der Waals surface area contributed by atoms with Gasteiger partial charge in [0.1, 0.15) is 4.88 Å². The van der Waals surface area contributed by atoms with Gasteiger partial charge in [0.25, 0.3) is 5.91 Å². The van der Waals surface area contributed by atoms with Crippen LogP contribution in [0.3, 0.4) is 0 Å². The summed E-state index contributed by atoms with van der Waals surface area (Å²) in [6, 6.07) is 3.54. The van der Waals surface area contributed by atoms with E-state index in [2.05, 4.69) is 4.98 Å². The fourth-order valence-corrected chi connectivity index (χ4v) is 2.90. The number of carbonyl (C=O) groups excluding carboxylic acids is 2. The van der Waals surface area contributed by atoms with Gasteiger partial charge in [-0.3, -0.25) is 9.59 Å². The molecule has 0 saturated carbocycles. The van der Waals surface area contributed by atoms with E-state index in [1.165, 1.54) is 17.5 Å².